The molecule has 0 saturated carbocycles. The number of aromatic nitrogens is 2. The Bertz CT molecular complexity index is 699. The van der Waals surface area contributed by atoms with Crippen LogP contribution in [0.25, 0.3) is 11.4 Å². The minimum atomic E-state index is -4.67. The molecule has 1 heterocycles. The second kappa shape index (κ2) is 8.11. The predicted molar refractivity (Wildman–Crippen MR) is 82.3 cm³/mol. The van der Waals surface area contributed by atoms with Crippen molar-refractivity contribution in [3.63, 3.8) is 0 Å². The average molecular weight is 357 g/mol. The van der Waals surface area contributed by atoms with Gasteiger partial charge in [0.15, 0.2) is 0 Å². The molecule has 1 amide bonds. The van der Waals surface area contributed by atoms with Crippen LogP contribution in [0.4, 0.5) is 13.2 Å². The zero-order chi connectivity index (χ0) is 18.4. The molecule has 0 aliphatic heterocycles. The smallest absolute Gasteiger partial charge is 0.383 e. The Morgan fingerprint density at radius 3 is 2.48 bits per heavy atom. The molecule has 0 aliphatic rings. The number of alkyl halides is 3. The minimum Gasteiger partial charge on any atom is -0.383 e. The number of hydrogen-bond acceptors (Lipinski definition) is 5. The molecule has 6 nitrogen and oxygen atoms in total. The molecule has 0 atom stereocenters. The molecular weight excluding hydrogens is 339 g/mol. The molecule has 1 aromatic heterocycles. The molecule has 9 heteroatoms. The summed E-state index contributed by atoms with van der Waals surface area (Å²) in [5.74, 6) is -1.53. The first kappa shape index (κ1) is 18.9. The Labute approximate surface area is 142 Å². The van der Waals surface area contributed by atoms with Crippen molar-refractivity contribution in [1.29, 1.82) is 0 Å². The molecule has 0 N–H and O–H groups in total. The van der Waals surface area contributed by atoms with Crippen LogP contribution in [-0.2, 0) is 22.3 Å². The van der Waals surface area contributed by atoms with Gasteiger partial charge in [0.1, 0.15) is 0 Å². The van der Waals surface area contributed by atoms with Crippen LogP contribution < -0.4 is 0 Å². The van der Waals surface area contributed by atoms with Crippen LogP contribution >= 0.6 is 0 Å². The number of nitrogens with zero attached hydrogens (tertiary/aromatic N) is 3. The van der Waals surface area contributed by atoms with Gasteiger partial charge in [-0.25, -0.2) is 0 Å². The van der Waals surface area contributed by atoms with Gasteiger partial charge in [-0.05, 0) is 5.56 Å². The molecule has 0 radical (unpaired) electrons. The van der Waals surface area contributed by atoms with E-state index in [0.29, 0.717) is 31.7 Å². The third-order valence-corrected chi connectivity index (χ3v) is 3.47. The summed E-state index contributed by atoms with van der Waals surface area (Å²) in [7, 11) is 1.56. The van der Waals surface area contributed by atoms with Crippen molar-refractivity contribution in [3.05, 3.63) is 35.7 Å². The average Bonchev–Trinajstić information content (AvgIpc) is 3.09. The lowest BCUT2D eigenvalue weighted by atomic mass is 10.1. The highest BCUT2D eigenvalue weighted by molar-refractivity contribution is 5.75. The lowest BCUT2D eigenvalue weighted by Crippen LogP contribution is -2.32. The highest BCUT2D eigenvalue weighted by atomic mass is 19.4. The van der Waals surface area contributed by atoms with Crippen LogP contribution in [0.3, 0.4) is 0 Å². The van der Waals surface area contributed by atoms with Gasteiger partial charge in [-0.1, -0.05) is 36.3 Å². The Hall–Kier alpha value is -2.42. The SMILES string of the molecule is CCC(=O)N(CCOC)Cc1ccc(-c2noc(C(F)(F)F)n2)cc1. The fraction of sp³-hybridized carbons (Fsp3) is 0.438. The fourth-order valence-electron chi connectivity index (χ4n) is 2.15. The minimum absolute atomic E-state index is 0.00545. The van der Waals surface area contributed by atoms with Crippen molar-refractivity contribution in [3.8, 4) is 11.4 Å². The second-order valence-electron chi connectivity index (χ2n) is 5.28. The maximum Gasteiger partial charge on any atom is 0.471 e. The number of methoxy groups -OCH3 is 1. The largest absolute Gasteiger partial charge is 0.471 e. The summed E-state index contributed by atoms with van der Waals surface area (Å²) in [6.45, 7) is 3.05. The topological polar surface area (TPSA) is 68.5 Å². The van der Waals surface area contributed by atoms with Gasteiger partial charge in [0.2, 0.25) is 11.7 Å². The molecule has 2 aromatic rings. The monoisotopic (exact) mass is 357 g/mol. The highest BCUT2D eigenvalue weighted by Crippen LogP contribution is 2.29. The van der Waals surface area contributed by atoms with Crippen molar-refractivity contribution >= 4 is 5.91 Å². The molecule has 136 valence electrons. The van der Waals surface area contributed by atoms with Gasteiger partial charge in [-0.3, -0.25) is 4.79 Å². The lowest BCUT2D eigenvalue weighted by molar-refractivity contribution is -0.159. The van der Waals surface area contributed by atoms with Crippen molar-refractivity contribution in [1.82, 2.24) is 15.0 Å². The van der Waals surface area contributed by atoms with Crippen LogP contribution in [0, 0.1) is 0 Å². The van der Waals surface area contributed by atoms with Gasteiger partial charge in [0.05, 0.1) is 6.61 Å². The summed E-state index contributed by atoms with van der Waals surface area (Å²) in [5.41, 5.74) is 1.23. The standard InChI is InChI=1S/C16H18F3N3O3/c1-3-13(23)22(8-9-24-2)10-11-4-6-12(7-5-11)14-20-15(25-21-14)16(17,18)19/h4-7H,3,8-10H2,1-2H3. The molecule has 0 saturated heterocycles. The molecule has 0 fully saturated rings. The predicted octanol–water partition coefficient (Wildman–Crippen LogP) is 3.14. The molecule has 0 unspecified atom stereocenters. The third kappa shape index (κ3) is 5.02. The van der Waals surface area contributed by atoms with Crippen LogP contribution in [-0.4, -0.2) is 41.2 Å². The number of amides is 1. The number of rotatable bonds is 7. The van der Waals surface area contributed by atoms with Gasteiger partial charge in [0.25, 0.3) is 0 Å². The Morgan fingerprint density at radius 2 is 1.96 bits per heavy atom. The van der Waals surface area contributed by atoms with Gasteiger partial charge in [0, 0.05) is 32.2 Å². The van der Waals surface area contributed by atoms with Gasteiger partial charge in [-0.2, -0.15) is 18.2 Å². The maximum absolute atomic E-state index is 12.5. The van der Waals surface area contributed by atoms with E-state index in [0.717, 1.165) is 5.56 Å². The van der Waals surface area contributed by atoms with Crippen molar-refractivity contribution in [2.75, 3.05) is 20.3 Å². The number of ether oxygens (including phenoxy) is 1. The van der Waals surface area contributed by atoms with Crippen LogP contribution in [0.5, 0.6) is 0 Å². The summed E-state index contributed by atoms with van der Waals surface area (Å²) >= 11 is 0. The first-order valence-corrected chi connectivity index (χ1v) is 7.62. The van der Waals surface area contributed by atoms with E-state index in [1.165, 1.54) is 0 Å². The van der Waals surface area contributed by atoms with Crippen LogP contribution in [0.1, 0.15) is 24.8 Å². The van der Waals surface area contributed by atoms with Gasteiger partial charge >= 0.3 is 12.1 Å². The second-order valence-corrected chi connectivity index (χ2v) is 5.28. The maximum atomic E-state index is 12.5. The van der Waals surface area contributed by atoms with E-state index in [1.54, 1.807) is 43.2 Å². The number of halogens is 3. The van der Waals surface area contributed by atoms with Crippen LogP contribution in [0.15, 0.2) is 28.8 Å². The van der Waals surface area contributed by atoms with E-state index in [4.69, 9.17) is 4.74 Å². The van der Waals surface area contributed by atoms with E-state index in [-0.39, 0.29) is 11.7 Å². The molecule has 2 rings (SSSR count). The van der Waals surface area contributed by atoms with E-state index >= 15 is 0 Å². The molecular formula is C16H18F3N3O3. The normalized spacial score (nSPS) is 11.6. The fourth-order valence-corrected chi connectivity index (χ4v) is 2.15. The van der Waals surface area contributed by atoms with Crippen LogP contribution in [0.2, 0.25) is 0 Å². The summed E-state index contributed by atoms with van der Waals surface area (Å²) in [6, 6.07) is 6.60. The molecule has 0 aliphatic carbocycles. The van der Waals surface area contributed by atoms with E-state index in [1.807, 2.05) is 0 Å². The zero-order valence-corrected chi connectivity index (χ0v) is 13.8. The molecule has 25 heavy (non-hydrogen) atoms. The third-order valence-electron chi connectivity index (χ3n) is 3.47. The quantitative estimate of drug-likeness (QED) is 0.761. The van der Waals surface area contributed by atoms with Crippen molar-refractivity contribution in [2.45, 2.75) is 26.1 Å². The Morgan fingerprint density at radius 1 is 1.28 bits per heavy atom. The number of carbonyl (C=O) groups is 1. The van der Waals surface area contributed by atoms with E-state index in [2.05, 4.69) is 14.7 Å². The summed E-state index contributed by atoms with van der Waals surface area (Å²) in [6.07, 6.45) is -4.29. The molecule has 0 bridgehead atoms. The number of benzene rings is 1. The van der Waals surface area contributed by atoms with E-state index < -0.39 is 12.1 Å². The molecule has 1 aromatic carbocycles. The number of carbonyl (C=O) groups excluding carboxylic acids is 1. The molecule has 0 spiro atoms. The zero-order valence-electron chi connectivity index (χ0n) is 13.8. The van der Waals surface area contributed by atoms with Crippen molar-refractivity contribution in [2.24, 2.45) is 0 Å². The summed E-state index contributed by atoms with van der Waals surface area (Å²) in [4.78, 5) is 16.9. The first-order chi connectivity index (χ1) is 11.8. The van der Waals surface area contributed by atoms with E-state index in [9.17, 15) is 18.0 Å². The lowest BCUT2D eigenvalue weighted by Gasteiger charge is -2.22. The van der Waals surface area contributed by atoms with Gasteiger partial charge < -0.3 is 14.2 Å². The highest BCUT2D eigenvalue weighted by Gasteiger charge is 2.38. The van der Waals surface area contributed by atoms with Crippen molar-refractivity contribution < 1.29 is 27.2 Å². The van der Waals surface area contributed by atoms with Gasteiger partial charge in [-0.15, -0.1) is 0 Å². The number of hydrogen-bond donors (Lipinski definition) is 0. The Kier molecular flexibility index (Phi) is 6.13. The Balaban J connectivity index is 2.10. The summed E-state index contributed by atoms with van der Waals surface area (Å²) in [5, 5.41) is 3.34. The summed E-state index contributed by atoms with van der Waals surface area (Å²) < 4.78 is 46.7. The first-order valence-electron chi connectivity index (χ1n) is 7.62.